The van der Waals surface area contributed by atoms with Crippen molar-refractivity contribution in [1.29, 1.82) is 0 Å². The minimum Gasteiger partial charge on any atom is -0.465 e. The molecular weight excluding hydrogens is 474 g/mol. The van der Waals surface area contributed by atoms with E-state index in [9.17, 15) is 19.2 Å². The Balaban J connectivity index is 1.45. The van der Waals surface area contributed by atoms with Gasteiger partial charge in [-0.05, 0) is 56.0 Å². The number of furan rings is 1. The highest BCUT2D eigenvalue weighted by Gasteiger charge is 2.29. The summed E-state index contributed by atoms with van der Waals surface area (Å²) in [6.45, 7) is 1.58. The number of carbonyl (C=O) groups excluding carboxylic acids is 4. The van der Waals surface area contributed by atoms with E-state index in [4.69, 9.17) is 13.9 Å². The van der Waals surface area contributed by atoms with E-state index >= 15 is 0 Å². The molecule has 0 atom stereocenters. The van der Waals surface area contributed by atoms with Gasteiger partial charge in [-0.2, -0.15) is 5.10 Å². The average Bonchev–Trinajstić information content (AvgIpc) is 3.60. The fraction of sp³-hybridized carbons (Fsp3) is 0.208. The van der Waals surface area contributed by atoms with Gasteiger partial charge < -0.3 is 19.2 Å². The van der Waals surface area contributed by atoms with Crippen LogP contribution in [0, 0.1) is 0 Å². The third kappa shape index (κ3) is 5.14. The van der Waals surface area contributed by atoms with Crippen LogP contribution in [0.1, 0.15) is 50.3 Å². The number of benzene rings is 1. The predicted octanol–water partition coefficient (Wildman–Crippen LogP) is 3.31. The van der Waals surface area contributed by atoms with Crippen LogP contribution >= 0.6 is 11.3 Å². The number of hydrogen-bond acceptors (Lipinski definition) is 9. The average molecular weight is 496 g/mol. The number of thiophene rings is 1. The molecule has 1 aliphatic rings. The molecule has 2 N–H and O–H groups in total. The van der Waals surface area contributed by atoms with Crippen molar-refractivity contribution in [3.8, 4) is 5.75 Å². The van der Waals surface area contributed by atoms with Crippen LogP contribution in [0.4, 0.5) is 5.00 Å². The van der Waals surface area contributed by atoms with Crippen LogP contribution in [0.2, 0.25) is 0 Å². The van der Waals surface area contributed by atoms with E-state index in [1.807, 2.05) is 0 Å². The number of methoxy groups -OCH3 is 1. The maximum absolute atomic E-state index is 12.5. The van der Waals surface area contributed by atoms with Crippen molar-refractivity contribution in [3.05, 3.63) is 70.0 Å². The van der Waals surface area contributed by atoms with Gasteiger partial charge in [-0.3, -0.25) is 9.59 Å². The summed E-state index contributed by atoms with van der Waals surface area (Å²) in [5, 5.41) is 6.73. The van der Waals surface area contributed by atoms with Gasteiger partial charge in [0, 0.05) is 10.4 Å². The van der Waals surface area contributed by atoms with Crippen molar-refractivity contribution >= 4 is 45.8 Å². The molecule has 180 valence electrons. The van der Waals surface area contributed by atoms with Crippen molar-refractivity contribution in [2.45, 2.75) is 26.2 Å². The monoisotopic (exact) mass is 495 g/mol. The number of hydrogen-bond donors (Lipinski definition) is 2. The molecule has 3 aromatic rings. The lowest BCUT2D eigenvalue weighted by Gasteiger charge is -2.09. The molecule has 1 aliphatic carbocycles. The van der Waals surface area contributed by atoms with Gasteiger partial charge in [-0.25, -0.2) is 15.0 Å². The quantitative estimate of drug-likeness (QED) is 0.176. The van der Waals surface area contributed by atoms with Gasteiger partial charge in [0.2, 0.25) is 5.76 Å². The van der Waals surface area contributed by atoms with Crippen LogP contribution in [-0.2, 0) is 27.2 Å². The lowest BCUT2D eigenvalue weighted by atomic mass is 10.1. The molecule has 4 rings (SSSR count). The molecule has 0 saturated heterocycles. The number of hydrazone groups is 1. The molecule has 0 fully saturated rings. The van der Waals surface area contributed by atoms with Crippen LogP contribution < -0.4 is 15.5 Å². The Bertz CT molecular complexity index is 1320. The predicted molar refractivity (Wildman–Crippen MR) is 127 cm³/mol. The van der Waals surface area contributed by atoms with Crippen molar-refractivity contribution in [3.63, 3.8) is 0 Å². The zero-order valence-corrected chi connectivity index (χ0v) is 19.7. The third-order valence-electron chi connectivity index (χ3n) is 5.27. The summed E-state index contributed by atoms with van der Waals surface area (Å²) < 4.78 is 15.3. The number of fused-ring (bicyclic) bond motifs is 1. The second-order valence-electron chi connectivity index (χ2n) is 7.51. The number of nitrogens with one attached hydrogen (secondary N) is 2. The smallest absolute Gasteiger partial charge is 0.379 e. The van der Waals surface area contributed by atoms with E-state index in [0.29, 0.717) is 17.7 Å². The fourth-order valence-electron chi connectivity index (χ4n) is 3.62. The maximum atomic E-state index is 12.5. The molecule has 0 radical (unpaired) electrons. The first kappa shape index (κ1) is 23.9. The lowest BCUT2D eigenvalue weighted by molar-refractivity contribution is -0.136. The van der Waals surface area contributed by atoms with Crippen molar-refractivity contribution < 1.29 is 33.1 Å². The van der Waals surface area contributed by atoms with E-state index in [0.717, 1.165) is 23.3 Å². The highest BCUT2D eigenvalue weighted by atomic mass is 32.1. The molecule has 0 saturated carbocycles. The highest BCUT2D eigenvalue weighted by molar-refractivity contribution is 7.17. The van der Waals surface area contributed by atoms with Crippen LogP contribution in [0.5, 0.6) is 5.75 Å². The molecule has 11 heteroatoms. The molecule has 2 heterocycles. The number of rotatable bonds is 6. The van der Waals surface area contributed by atoms with E-state index in [2.05, 4.69) is 15.8 Å². The van der Waals surface area contributed by atoms with E-state index < -0.39 is 23.8 Å². The first-order chi connectivity index (χ1) is 16.9. The van der Waals surface area contributed by atoms with Crippen LogP contribution in [0.25, 0.3) is 0 Å². The Morgan fingerprint density at radius 3 is 2.57 bits per heavy atom. The van der Waals surface area contributed by atoms with Gasteiger partial charge in [0.1, 0.15) is 10.8 Å². The van der Waals surface area contributed by atoms with Gasteiger partial charge in [0.05, 0.1) is 24.6 Å². The number of carbonyl (C=O) groups is 4. The Morgan fingerprint density at radius 1 is 1.03 bits per heavy atom. The summed E-state index contributed by atoms with van der Waals surface area (Å²) in [4.78, 5) is 50.3. The first-order valence-electron chi connectivity index (χ1n) is 10.6. The molecule has 0 bridgehead atoms. The largest absolute Gasteiger partial charge is 0.465 e. The number of para-hydroxylation sites is 1. The molecule has 2 amide bonds. The Kier molecular flexibility index (Phi) is 7.06. The summed E-state index contributed by atoms with van der Waals surface area (Å²) in [6.07, 6.45) is 3.80. The molecule has 10 nitrogen and oxygen atoms in total. The second kappa shape index (κ2) is 10.3. The summed E-state index contributed by atoms with van der Waals surface area (Å²) in [5.41, 5.74) is 4.05. The Morgan fingerprint density at radius 2 is 1.83 bits per heavy atom. The van der Waals surface area contributed by atoms with E-state index in [1.54, 1.807) is 37.3 Å². The number of amides is 2. The van der Waals surface area contributed by atoms with Crippen molar-refractivity contribution in [2.75, 3.05) is 12.4 Å². The van der Waals surface area contributed by atoms with Crippen LogP contribution in [0.3, 0.4) is 0 Å². The molecule has 0 spiro atoms. The van der Waals surface area contributed by atoms with E-state index in [-0.39, 0.29) is 22.1 Å². The number of esters is 2. The number of ether oxygens (including phenoxy) is 2. The fourth-order valence-corrected chi connectivity index (χ4v) is 4.89. The van der Waals surface area contributed by atoms with Gasteiger partial charge in [0.25, 0.3) is 0 Å². The summed E-state index contributed by atoms with van der Waals surface area (Å²) in [5.74, 6) is -3.03. The number of anilines is 1. The summed E-state index contributed by atoms with van der Waals surface area (Å²) >= 11 is 1.26. The summed E-state index contributed by atoms with van der Waals surface area (Å²) in [7, 11) is 1.26. The van der Waals surface area contributed by atoms with E-state index in [1.165, 1.54) is 30.8 Å². The van der Waals surface area contributed by atoms with Crippen molar-refractivity contribution in [2.24, 2.45) is 5.10 Å². The third-order valence-corrected chi connectivity index (χ3v) is 6.48. The summed E-state index contributed by atoms with van der Waals surface area (Å²) in [6, 6.07) is 9.62. The number of nitrogens with zero attached hydrogens (tertiary/aromatic N) is 1. The van der Waals surface area contributed by atoms with Gasteiger partial charge in [-0.1, -0.05) is 12.1 Å². The molecule has 1 aromatic carbocycles. The minimum absolute atomic E-state index is 0.0326. The molecular formula is C24H21N3O7S. The standard InChI is InChI=1S/C24H21N3O7S/c1-13(14-7-3-4-9-16(14)34-23(30)17-10-6-12-33-17)26-27-21(29)20(28)25-22-19(24(31)32-2)15-8-5-11-18(15)35-22/h3-4,6-7,9-10,12H,5,8,11H2,1-2H3,(H,25,28)(H,27,29). The van der Waals surface area contributed by atoms with Gasteiger partial charge in [-0.15, -0.1) is 11.3 Å². The zero-order valence-electron chi connectivity index (χ0n) is 18.9. The second-order valence-corrected chi connectivity index (χ2v) is 8.61. The topological polar surface area (TPSA) is 136 Å². The Labute approximate surface area is 203 Å². The van der Waals surface area contributed by atoms with Gasteiger partial charge >= 0.3 is 23.8 Å². The maximum Gasteiger partial charge on any atom is 0.379 e. The molecule has 35 heavy (non-hydrogen) atoms. The minimum atomic E-state index is -1.03. The SMILES string of the molecule is COC(=O)c1c(NC(=O)C(=O)NN=C(C)c2ccccc2OC(=O)c2ccco2)sc2c1CCC2. The van der Waals surface area contributed by atoms with Crippen LogP contribution in [0.15, 0.2) is 52.2 Å². The normalized spacial score (nSPS) is 12.6. The zero-order chi connectivity index (χ0) is 24.9. The Hall–Kier alpha value is -4.25. The van der Waals surface area contributed by atoms with Gasteiger partial charge in [0.15, 0.2) is 0 Å². The molecule has 2 aromatic heterocycles. The first-order valence-corrected chi connectivity index (χ1v) is 11.4. The number of aryl methyl sites for hydroxylation is 1. The lowest BCUT2D eigenvalue weighted by Crippen LogP contribution is -2.33. The molecule has 0 aliphatic heterocycles. The highest BCUT2D eigenvalue weighted by Crippen LogP contribution is 2.39. The van der Waals surface area contributed by atoms with Crippen molar-refractivity contribution in [1.82, 2.24) is 5.43 Å². The van der Waals surface area contributed by atoms with Crippen LogP contribution in [-0.4, -0.2) is 36.6 Å². The molecule has 0 unspecified atom stereocenters.